The van der Waals surface area contributed by atoms with Gasteiger partial charge in [0.25, 0.3) is 0 Å². The molecule has 0 radical (unpaired) electrons. The van der Waals surface area contributed by atoms with Crippen LogP contribution in [0.1, 0.15) is 92.9 Å². The van der Waals surface area contributed by atoms with E-state index < -0.39 is 29.8 Å². The van der Waals surface area contributed by atoms with Gasteiger partial charge in [-0.25, -0.2) is 0 Å². The number of halogens is 3. The van der Waals surface area contributed by atoms with Crippen molar-refractivity contribution in [1.82, 2.24) is 0 Å². The van der Waals surface area contributed by atoms with Crippen molar-refractivity contribution in [2.24, 2.45) is 16.7 Å². The third-order valence-electron chi connectivity index (χ3n) is 6.48. The summed E-state index contributed by atoms with van der Waals surface area (Å²) in [5, 5.41) is 0. The van der Waals surface area contributed by atoms with Crippen LogP contribution in [0.5, 0.6) is 0 Å². The first-order valence-electron chi connectivity index (χ1n) is 10.6. The van der Waals surface area contributed by atoms with Crippen LogP contribution in [0.3, 0.4) is 0 Å². The molecule has 170 valence electrons. The average Bonchev–Trinajstić information content (AvgIpc) is 2.59. The minimum absolute atomic E-state index is 0.0126. The van der Waals surface area contributed by atoms with Gasteiger partial charge in [-0.15, -0.1) is 0 Å². The number of carbonyl (C=O) groups is 2. The van der Waals surface area contributed by atoms with Crippen LogP contribution in [-0.4, -0.2) is 30.3 Å². The van der Waals surface area contributed by atoms with Crippen LogP contribution in [0.25, 0.3) is 0 Å². The molecule has 0 N–H and O–H groups in total. The highest BCUT2D eigenvalue weighted by Crippen LogP contribution is 2.45. The minimum atomic E-state index is -4.58. The molecule has 1 rings (SSSR count). The third kappa shape index (κ3) is 7.82. The molecule has 29 heavy (non-hydrogen) atoms. The van der Waals surface area contributed by atoms with Gasteiger partial charge in [0.1, 0.15) is 5.60 Å². The molecule has 0 bridgehead atoms. The van der Waals surface area contributed by atoms with Crippen molar-refractivity contribution in [3.8, 4) is 0 Å². The van der Waals surface area contributed by atoms with Crippen molar-refractivity contribution in [3.63, 3.8) is 0 Å². The number of alkyl halides is 3. The molecule has 0 spiro atoms. The molecule has 1 atom stereocenters. The molecule has 1 aliphatic carbocycles. The van der Waals surface area contributed by atoms with E-state index in [2.05, 4.69) is 25.5 Å². The molecule has 1 aliphatic rings. The Morgan fingerprint density at radius 2 is 1.59 bits per heavy atom. The molecule has 0 aromatic heterocycles. The van der Waals surface area contributed by atoms with Gasteiger partial charge in [-0.2, -0.15) is 13.2 Å². The summed E-state index contributed by atoms with van der Waals surface area (Å²) in [6.07, 6.45) is 0.0161. The molecule has 0 aromatic carbocycles. The van der Waals surface area contributed by atoms with Crippen LogP contribution in [0.2, 0.25) is 0 Å². The Morgan fingerprint density at radius 1 is 1.03 bits per heavy atom. The monoisotopic (exact) mass is 422 g/mol. The van der Waals surface area contributed by atoms with Crippen LogP contribution in [-0.2, 0) is 19.1 Å². The van der Waals surface area contributed by atoms with E-state index in [0.717, 1.165) is 25.7 Å². The number of rotatable bonds is 9. The number of esters is 2. The SMILES string of the molecule is CCC(C)(C)CC(C)(C(=O)OC1(CC(=O)OCC(F)(F)F)CCCCC1)C(C)C. The summed E-state index contributed by atoms with van der Waals surface area (Å²) >= 11 is 0. The molecule has 0 saturated heterocycles. The molecule has 7 heteroatoms. The van der Waals surface area contributed by atoms with Gasteiger partial charge in [0.15, 0.2) is 6.61 Å². The maximum absolute atomic E-state index is 13.3. The molecule has 0 amide bonds. The summed E-state index contributed by atoms with van der Waals surface area (Å²) in [7, 11) is 0. The predicted molar refractivity (Wildman–Crippen MR) is 105 cm³/mol. The van der Waals surface area contributed by atoms with Gasteiger partial charge in [0.2, 0.25) is 0 Å². The molecule has 0 aromatic rings. The first kappa shape index (κ1) is 25.8. The molecular formula is C22H37F3O4. The average molecular weight is 423 g/mol. The Balaban J connectivity index is 3.00. The van der Waals surface area contributed by atoms with E-state index in [1.165, 1.54) is 0 Å². The van der Waals surface area contributed by atoms with Crippen LogP contribution in [0.15, 0.2) is 0 Å². The Hall–Kier alpha value is -1.27. The van der Waals surface area contributed by atoms with Crippen molar-refractivity contribution < 1.29 is 32.2 Å². The highest BCUT2D eigenvalue weighted by atomic mass is 19.4. The molecule has 4 nitrogen and oxygen atoms in total. The Bertz CT molecular complexity index is 563. The van der Waals surface area contributed by atoms with E-state index >= 15 is 0 Å². The van der Waals surface area contributed by atoms with Crippen LogP contribution >= 0.6 is 0 Å². The smallest absolute Gasteiger partial charge is 0.422 e. The van der Waals surface area contributed by atoms with Gasteiger partial charge in [-0.1, -0.05) is 47.5 Å². The minimum Gasteiger partial charge on any atom is -0.458 e. The summed E-state index contributed by atoms with van der Waals surface area (Å²) in [4.78, 5) is 25.4. The number of carbonyl (C=O) groups excluding carboxylic acids is 2. The Labute approximate surface area is 172 Å². The standard InChI is InChI=1S/C22H37F3O4/c1-7-19(4,5)14-20(6,16(2)3)18(27)29-21(11-9-8-10-12-21)13-17(26)28-15-22(23,24)25/h16H,7-15H2,1-6H3. The van der Waals surface area contributed by atoms with E-state index in [-0.39, 0.29) is 23.7 Å². The van der Waals surface area contributed by atoms with E-state index in [9.17, 15) is 22.8 Å². The highest BCUT2D eigenvalue weighted by molar-refractivity contribution is 5.78. The summed E-state index contributed by atoms with van der Waals surface area (Å²) < 4.78 is 47.5. The van der Waals surface area contributed by atoms with Crippen LogP contribution < -0.4 is 0 Å². The largest absolute Gasteiger partial charge is 0.458 e. The lowest BCUT2D eigenvalue weighted by Gasteiger charge is -2.43. The quantitative estimate of drug-likeness (QED) is 0.414. The van der Waals surface area contributed by atoms with E-state index in [4.69, 9.17) is 4.74 Å². The fourth-order valence-electron chi connectivity index (χ4n) is 3.93. The van der Waals surface area contributed by atoms with Gasteiger partial charge in [0.05, 0.1) is 11.8 Å². The van der Waals surface area contributed by atoms with Gasteiger partial charge < -0.3 is 9.47 Å². The summed E-state index contributed by atoms with van der Waals surface area (Å²) in [5.74, 6) is -1.34. The maximum atomic E-state index is 13.3. The van der Waals surface area contributed by atoms with Crippen molar-refractivity contribution in [3.05, 3.63) is 0 Å². The van der Waals surface area contributed by atoms with Gasteiger partial charge in [0, 0.05) is 0 Å². The molecule has 0 aliphatic heterocycles. The Kier molecular flexibility index (Phi) is 8.61. The summed E-state index contributed by atoms with van der Waals surface area (Å²) in [6.45, 7) is 10.5. The lowest BCUT2D eigenvalue weighted by Crippen LogP contribution is -2.47. The van der Waals surface area contributed by atoms with Crippen LogP contribution in [0, 0.1) is 16.7 Å². The zero-order valence-corrected chi connectivity index (χ0v) is 18.7. The fraction of sp³-hybridized carbons (Fsp3) is 0.909. The number of hydrogen-bond donors (Lipinski definition) is 0. The maximum Gasteiger partial charge on any atom is 0.422 e. The normalized spacial score (nSPS) is 19.5. The number of ether oxygens (including phenoxy) is 2. The second-order valence-corrected chi connectivity index (χ2v) is 9.85. The first-order valence-corrected chi connectivity index (χ1v) is 10.6. The van der Waals surface area contributed by atoms with Crippen molar-refractivity contribution >= 4 is 11.9 Å². The second-order valence-electron chi connectivity index (χ2n) is 9.85. The predicted octanol–water partition coefficient (Wildman–Crippen LogP) is 6.22. The second kappa shape index (κ2) is 9.69. The fourth-order valence-corrected chi connectivity index (χ4v) is 3.93. The Morgan fingerprint density at radius 3 is 2.03 bits per heavy atom. The zero-order chi connectivity index (χ0) is 22.5. The van der Waals surface area contributed by atoms with Gasteiger partial charge in [-0.3, -0.25) is 9.59 Å². The molecule has 0 heterocycles. The van der Waals surface area contributed by atoms with E-state index in [1.807, 2.05) is 20.8 Å². The van der Waals surface area contributed by atoms with Crippen molar-refractivity contribution in [2.45, 2.75) is 105 Å². The topological polar surface area (TPSA) is 52.6 Å². The summed E-state index contributed by atoms with van der Waals surface area (Å²) in [6, 6.07) is 0. The van der Waals surface area contributed by atoms with Crippen molar-refractivity contribution in [2.75, 3.05) is 6.61 Å². The first-order chi connectivity index (χ1) is 13.1. The lowest BCUT2D eigenvalue weighted by molar-refractivity contribution is -0.196. The molecular weight excluding hydrogens is 385 g/mol. The summed E-state index contributed by atoms with van der Waals surface area (Å²) in [5.41, 5.74) is -1.90. The lowest BCUT2D eigenvalue weighted by atomic mass is 9.67. The highest BCUT2D eigenvalue weighted by Gasteiger charge is 2.47. The van der Waals surface area contributed by atoms with E-state index in [1.54, 1.807) is 0 Å². The van der Waals surface area contributed by atoms with Gasteiger partial charge >= 0.3 is 18.1 Å². The number of hydrogen-bond acceptors (Lipinski definition) is 4. The third-order valence-corrected chi connectivity index (χ3v) is 6.48. The van der Waals surface area contributed by atoms with E-state index in [0.29, 0.717) is 19.3 Å². The van der Waals surface area contributed by atoms with Gasteiger partial charge in [-0.05, 0) is 50.4 Å². The van der Waals surface area contributed by atoms with Crippen molar-refractivity contribution in [1.29, 1.82) is 0 Å². The zero-order valence-electron chi connectivity index (χ0n) is 18.7. The molecule has 1 saturated carbocycles. The van der Waals surface area contributed by atoms with Crippen LogP contribution in [0.4, 0.5) is 13.2 Å². The molecule has 1 unspecified atom stereocenters. The molecule has 1 fully saturated rings.